The van der Waals surface area contributed by atoms with Crippen molar-refractivity contribution in [3.8, 4) is 0 Å². The van der Waals surface area contributed by atoms with Gasteiger partial charge < -0.3 is 9.32 Å². The zero-order chi connectivity index (χ0) is 18.5. The Labute approximate surface area is 148 Å². The summed E-state index contributed by atoms with van der Waals surface area (Å²) in [5, 5.41) is 2.07. The van der Waals surface area contributed by atoms with Crippen LogP contribution in [0.3, 0.4) is 0 Å². The fraction of sp³-hybridized carbons (Fsp3) is 0.143. The average molecular weight is 355 g/mol. The summed E-state index contributed by atoms with van der Waals surface area (Å²) in [5.74, 6) is 0. The fourth-order valence-electron chi connectivity index (χ4n) is 3.10. The Morgan fingerprint density at radius 1 is 0.769 bits per heavy atom. The molecule has 26 heavy (non-hydrogen) atoms. The number of nitrogens with zero attached hydrogens (tertiary/aromatic N) is 1. The second-order valence-electron chi connectivity index (χ2n) is 6.39. The van der Waals surface area contributed by atoms with Crippen LogP contribution in [0.25, 0.3) is 21.9 Å². The minimum Gasteiger partial charge on any atom is -0.456 e. The molecule has 5 heteroatoms. The summed E-state index contributed by atoms with van der Waals surface area (Å²) >= 11 is 0. The smallest absolute Gasteiger partial charge is 0.416 e. The lowest BCUT2D eigenvalue weighted by Crippen LogP contribution is -2.10. The first-order valence-electron chi connectivity index (χ1n) is 8.17. The van der Waals surface area contributed by atoms with E-state index >= 15 is 0 Å². The van der Waals surface area contributed by atoms with Crippen molar-refractivity contribution in [1.82, 2.24) is 0 Å². The molecule has 0 aliphatic heterocycles. The molecule has 0 aliphatic carbocycles. The number of benzene rings is 3. The van der Waals surface area contributed by atoms with Crippen LogP contribution in [-0.2, 0) is 6.18 Å². The van der Waals surface area contributed by atoms with Crippen LogP contribution in [0.2, 0.25) is 0 Å². The molecule has 4 rings (SSSR count). The van der Waals surface area contributed by atoms with Crippen LogP contribution in [0, 0.1) is 6.92 Å². The topological polar surface area (TPSA) is 16.4 Å². The van der Waals surface area contributed by atoms with Gasteiger partial charge in [-0.2, -0.15) is 13.2 Å². The molecule has 0 bridgehead atoms. The van der Waals surface area contributed by atoms with Gasteiger partial charge in [0.1, 0.15) is 11.2 Å². The molecule has 132 valence electrons. The number of rotatable bonds is 2. The lowest BCUT2D eigenvalue weighted by Gasteiger charge is -2.20. The number of hydrogen-bond donors (Lipinski definition) is 0. The van der Waals surface area contributed by atoms with E-state index in [2.05, 4.69) is 0 Å². The highest BCUT2D eigenvalue weighted by molar-refractivity contribution is 6.06. The summed E-state index contributed by atoms with van der Waals surface area (Å²) in [7, 11) is 1.82. The van der Waals surface area contributed by atoms with Gasteiger partial charge in [-0.25, -0.2) is 0 Å². The van der Waals surface area contributed by atoms with E-state index in [1.54, 1.807) is 0 Å². The van der Waals surface area contributed by atoms with Gasteiger partial charge in [0.15, 0.2) is 0 Å². The van der Waals surface area contributed by atoms with Crippen molar-refractivity contribution in [2.75, 3.05) is 11.9 Å². The Hall–Kier alpha value is -2.95. The van der Waals surface area contributed by atoms with E-state index in [0.717, 1.165) is 45.3 Å². The number of alkyl halides is 3. The Kier molecular flexibility index (Phi) is 3.68. The Morgan fingerprint density at radius 2 is 1.35 bits per heavy atom. The summed E-state index contributed by atoms with van der Waals surface area (Å²) in [6.45, 7) is 2.01. The molecule has 0 saturated heterocycles. The van der Waals surface area contributed by atoms with Crippen molar-refractivity contribution in [2.24, 2.45) is 0 Å². The molecule has 0 radical (unpaired) electrons. The lowest BCUT2D eigenvalue weighted by atomic mass is 10.1. The van der Waals surface area contributed by atoms with Crippen molar-refractivity contribution in [2.45, 2.75) is 13.1 Å². The number of halogens is 3. The second-order valence-corrected chi connectivity index (χ2v) is 6.39. The summed E-state index contributed by atoms with van der Waals surface area (Å²) in [6.07, 6.45) is -4.33. The minimum absolute atomic E-state index is 0.655. The van der Waals surface area contributed by atoms with Gasteiger partial charge >= 0.3 is 6.18 Å². The summed E-state index contributed by atoms with van der Waals surface area (Å²) in [6, 6.07) is 17.0. The van der Waals surface area contributed by atoms with Gasteiger partial charge in [-0.1, -0.05) is 12.1 Å². The molecule has 0 aliphatic rings. The highest BCUT2D eigenvalue weighted by Crippen LogP contribution is 2.35. The first-order chi connectivity index (χ1) is 12.3. The fourth-order valence-corrected chi connectivity index (χ4v) is 3.10. The SMILES string of the molecule is Cc1ccc2c(c1)oc1cc(N(C)c3ccc(C(F)(F)F)cc3)ccc12. The van der Waals surface area contributed by atoms with Gasteiger partial charge in [-0.15, -0.1) is 0 Å². The van der Waals surface area contributed by atoms with Gasteiger partial charge in [0.25, 0.3) is 0 Å². The molecule has 0 N–H and O–H groups in total. The molecule has 0 spiro atoms. The molecule has 1 heterocycles. The molecule has 1 aromatic heterocycles. The highest BCUT2D eigenvalue weighted by atomic mass is 19.4. The first-order valence-corrected chi connectivity index (χ1v) is 8.17. The van der Waals surface area contributed by atoms with E-state index in [1.165, 1.54) is 12.1 Å². The third kappa shape index (κ3) is 2.79. The second kappa shape index (κ2) is 5.80. The number of furan rings is 1. The van der Waals surface area contributed by atoms with Crippen LogP contribution < -0.4 is 4.90 Å². The molecule has 0 unspecified atom stereocenters. The maximum Gasteiger partial charge on any atom is 0.416 e. The molecule has 3 aromatic carbocycles. The molecule has 0 fully saturated rings. The van der Waals surface area contributed by atoms with Crippen LogP contribution in [-0.4, -0.2) is 7.05 Å². The molecule has 0 amide bonds. The lowest BCUT2D eigenvalue weighted by molar-refractivity contribution is -0.137. The van der Waals surface area contributed by atoms with Gasteiger partial charge in [0.05, 0.1) is 5.56 Å². The summed E-state index contributed by atoms with van der Waals surface area (Å²) in [5.41, 5.74) is 3.56. The van der Waals surface area contributed by atoms with Crippen molar-refractivity contribution in [3.05, 3.63) is 71.8 Å². The predicted molar refractivity (Wildman–Crippen MR) is 98.0 cm³/mol. The predicted octanol–water partition coefficient (Wildman–Crippen LogP) is 6.68. The van der Waals surface area contributed by atoms with Crippen LogP contribution >= 0.6 is 0 Å². The van der Waals surface area contributed by atoms with Crippen molar-refractivity contribution in [3.63, 3.8) is 0 Å². The summed E-state index contributed by atoms with van der Waals surface area (Å²) < 4.78 is 44.1. The highest BCUT2D eigenvalue weighted by Gasteiger charge is 2.30. The van der Waals surface area contributed by atoms with E-state index in [4.69, 9.17) is 4.42 Å². The third-order valence-electron chi connectivity index (χ3n) is 4.58. The van der Waals surface area contributed by atoms with E-state index in [0.29, 0.717) is 5.69 Å². The van der Waals surface area contributed by atoms with Gasteiger partial charge in [-0.05, 0) is 55.0 Å². The molecule has 4 aromatic rings. The number of hydrogen-bond acceptors (Lipinski definition) is 2. The van der Waals surface area contributed by atoms with Gasteiger partial charge in [0, 0.05) is 35.3 Å². The minimum atomic E-state index is -4.33. The van der Waals surface area contributed by atoms with Crippen molar-refractivity contribution >= 4 is 33.3 Å². The Bertz CT molecular complexity index is 1090. The normalized spacial score (nSPS) is 12.0. The van der Waals surface area contributed by atoms with E-state index < -0.39 is 11.7 Å². The van der Waals surface area contributed by atoms with E-state index in [1.807, 2.05) is 55.3 Å². The Morgan fingerprint density at radius 3 is 2.00 bits per heavy atom. The Balaban J connectivity index is 1.72. The third-order valence-corrected chi connectivity index (χ3v) is 4.58. The maximum atomic E-state index is 12.7. The molecule has 0 saturated carbocycles. The van der Waals surface area contributed by atoms with Crippen LogP contribution in [0.1, 0.15) is 11.1 Å². The quantitative estimate of drug-likeness (QED) is 0.399. The van der Waals surface area contributed by atoms with Crippen LogP contribution in [0.4, 0.5) is 24.5 Å². The molecule has 0 atom stereocenters. The van der Waals surface area contributed by atoms with Crippen molar-refractivity contribution in [1.29, 1.82) is 0 Å². The number of anilines is 2. The van der Waals surface area contributed by atoms with Crippen LogP contribution in [0.15, 0.2) is 65.1 Å². The average Bonchev–Trinajstić information content (AvgIpc) is 2.96. The van der Waals surface area contributed by atoms with Crippen molar-refractivity contribution < 1.29 is 17.6 Å². The van der Waals surface area contributed by atoms with E-state index in [9.17, 15) is 13.2 Å². The largest absolute Gasteiger partial charge is 0.456 e. The molecular weight excluding hydrogens is 339 g/mol. The van der Waals surface area contributed by atoms with Gasteiger partial charge in [0.2, 0.25) is 0 Å². The summed E-state index contributed by atoms with van der Waals surface area (Å²) in [4.78, 5) is 1.83. The van der Waals surface area contributed by atoms with Crippen LogP contribution in [0.5, 0.6) is 0 Å². The zero-order valence-corrected chi connectivity index (χ0v) is 14.3. The van der Waals surface area contributed by atoms with Gasteiger partial charge in [-0.3, -0.25) is 0 Å². The number of aryl methyl sites for hydroxylation is 1. The monoisotopic (exact) mass is 355 g/mol. The molecule has 2 nitrogen and oxygen atoms in total. The first kappa shape index (κ1) is 16.5. The zero-order valence-electron chi connectivity index (χ0n) is 14.3. The molecular formula is C21H16F3NO. The standard InChI is InChI=1S/C21H16F3NO/c1-13-3-9-17-18-10-8-16(12-20(18)26-19(17)11-13)25(2)15-6-4-14(5-7-15)21(22,23)24/h3-12H,1-2H3. The maximum absolute atomic E-state index is 12.7. The number of fused-ring (bicyclic) bond motifs is 3. The van der Waals surface area contributed by atoms with E-state index in [-0.39, 0.29) is 0 Å².